The molecule has 4 heteroatoms. The van der Waals surface area contributed by atoms with Crippen LogP contribution in [0.2, 0.25) is 0 Å². The number of unbranched alkanes of at least 4 members (excludes halogenated alkanes) is 28. The van der Waals surface area contributed by atoms with Crippen LogP contribution in [0, 0.1) is 17.8 Å². The Bertz CT molecular complexity index is 651. The zero-order valence-electron chi connectivity index (χ0n) is 31.8. The van der Waals surface area contributed by atoms with Crippen LogP contribution < -0.4 is 5.32 Å². The summed E-state index contributed by atoms with van der Waals surface area (Å²) in [5.41, 5.74) is 0. The molecule has 3 unspecified atom stereocenters. The lowest BCUT2D eigenvalue weighted by atomic mass is 9.77. The van der Waals surface area contributed by atoms with Crippen molar-refractivity contribution in [3.05, 3.63) is 0 Å². The molecule has 0 radical (unpaired) electrons. The highest BCUT2D eigenvalue weighted by Crippen LogP contribution is 2.30. The van der Waals surface area contributed by atoms with Gasteiger partial charge in [0.05, 0.1) is 5.92 Å². The first-order valence-corrected chi connectivity index (χ1v) is 21.0. The van der Waals surface area contributed by atoms with Gasteiger partial charge >= 0.3 is 5.97 Å². The van der Waals surface area contributed by atoms with Gasteiger partial charge in [-0.2, -0.15) is 0 Å². The van der Waals surface area contributed by atoms with Crippen molar-refractivity contribution in [2.75, 3.05) is 6.54 Å². The molecule has 0 saturated carbocycles. The van der Waals surface area contributed by atoms with Crippen molar-refractivity contribution in [2.45, 2.75) is 233 Å². The smallest absolute Gasteiger partial charge is 0.307 e. The van der Waals surface area contributed by atoms with Crippen LogP contribution in [0.4, 0.5) is 0 Å². The van der Waals surface area contributed by atoms with Crippen LogP contribution in [-0.2, 0) is 9.59 Å². The van der Waals surface area contributed by atoms with E-state index in [4.69, 9.17) is 0 Å². The van der Waals surface area contributed by atoms with E-state index >= 15 is 0 Å². The van der Waals surface area contributed by atoms with E-state index in [-0.39, 0.29) is 11.8 Å². The fourth-order valence-electron chi connectivity index (χ4n) is 7.27. The molecule has 0 aliphatic heterocycles. The largest absolute Gasteiger partial charge is 0.481 e. The summed E-state index contributed by atoms with van der Waals surface area (Å²) < 4.78 is 0. The molecule has 0 saturated heterocycles. The molecule has 4 nitrogen and oxygen atoms in total. The van der Waals surface area contributed by atoms with Gasteiger partial charge in [0.25, 0.3) is 0 Å². The molecule has 0 aliphatic rings. The van der Waals surface area contributed by atoms with Gasteiger partial charge in [-0.3, -0.25) is 9.59 Å². The third-order valence-electron chi connectivity index (χ3n) is 10.5. The molecule has 0 fully saturated rings. The predicted octanol–water partition coefficient (Wildman–Crippen LogP) is 13.6. The van der Waals surface area contributed by atoms with Crippen molar-refractivity contribution in [1.29, 1.82) is 0 Å². The highest BCUT2D eigenvalue weighted by Gasteiger charge is 2.35. The van der Waals surface area contributed by atoms with E-state index < -0.39 is 17.8 Å². The summed E-state index contributed by atoms with van der Waals surface area (Å²) in [4.78, 5) is 25.1. The summed E-state index contributed by atoms with van der Waals surface area (Å²) in [5, 5.41) is 13.1. The summed E-state index contributed by atoms with van der Waals surface area (Å²) in [6.07, 6.45) is 41.8. The van der Waals surface area contributed by atoms with E-state index in [9.17, 15) is 14.7 Å². The number of carboxylic acids is 1. The topological polar surface area (TPSA) is 66.4 Å². The van der Waals surface area contributed by atoms with E-state index in [1.54, 1.807) is 0 Å². The van der Waals surface area contributed by atoms with Crippen LogP contribution in [-0.4, -0.2) is 23.5 Å². The molecule has 0 rings (SSSR count). The minimum atomic E-state index is -0.803. The van der Waals surface area contributed by atoms with Crippen LogP contribution in [0.15, 0.2) is 0 Å². The van der Waals surface area contributed by atoms with Crippen LogP contribution in [0.3, 0.4) is 0 Å². The number of carbonyl (C=O) groups is 2. The highest BCUT2D eigenvalue weighted by atomic mass is 16.4. The van der Waals surface area contributed by atoms with E-state index in [1.807, 2.05) is 6.92 Å². The lowest BCUT2D eigenvalue weighted by Crippen LogP contribution is -2.40. The molecule has 0 bridgehead atoms. The summed E-state index contributed by atoms with van der Waals surface area (Å²) in [6.45, 7) is 9.15. The molecule has 3 atom stereocenters. The third-order valence-corrected chi connectivity index (χ3v) is 10.5. The normalized spacial score (nSPS) is 13.5. The van der Waals surface area contributed by atoms with Crippen LogP contribution in [0.1, 0.15) is 233 Å². The Hall–Kier alpha value is -1.06. The van der Waals surface area contributed by atoms with Gasteiger partial charge in [-0.1, -0.05) is 220 Å². The van der Waals surface area contributed by atoms with E-state index in [0.717, 1.165) is 32.1 Å². The molecule has 0 aromatic rings. The molecule has 0 heterocycles. The standard InChI is InChI=1S/C42H83NO3/c1-5-8-10-12-14-16-18-20-22-23-25-27-29-31-33-35-37-43-41(44)38(4)40(42(45)46)39(7-3)36-34-32-30-28-26-24-21-19-17-15-13-11-9-6-2/h38-40H,5-37H2,1-4H3,(H,43,44)(H,45,46). The van der Waals surface area contributed by atoms with E-state index in [2.05, 4.69) is 26.1 Å². The molecular formula is C42H83NO3. The van der Waals surface area contributed by atoms with Crippen LogP contribution in [0.25, 0.3) is 0 Å². The summed E-state index contributed by atoms with van der Waals surface area (Å²) in [7, 11) is 0. The fraction of sp³-hybridized carbons (Fsp3) is 0.952. The number of hydrogen-bond acceptors (Lipinski definition) is 2. The second kappa shape index (κ2) is 35.3. The Balaban J connectivity index is 3.87. The Morgan fingerprint density at radius 1 is 0.478 bits per heavy atom. The summed E-state index contributed by atoms with van der Waals surface area (Å²) in [6, 6.07) is 0. The lowest BCUT2D eigenvalue weighted by Gasteiger charge is -2.27. The van der Waals surface area contributed by atoms with Crippen LogP contribution >= 0.6 is 0 Å². The molecule has 46 heavy (non-hydrogen) atoms. The van der Waals surface area contributed by atoms with E-state index in [0.29, 0.717) is 6.54 Å². The quantitative estimate of drug-likeness (QED) is 0.0658. The number of aliphatic carboxylic acids is 1. The summed E-state index contributed by atoms with van der Waals surface area (Å²) >= 11 is 0. The Morgan fingerprint density at radius 3 is 1.09 bits per heavy atom. The number of hydrogen-bond donors (Lipinski definition) is 2. The number of carboxylic acid groups (broad SMARTS) is 1. The Kier molecular flexibility index (Phi) is 34.4. The fourth-order valence-corrected chi connectivity index (χ4v) is 7.27. The van der Waals surface area contributed by atoms with Crippen molar-refractivity contribution < 1.29 is 14.7 Å². The molecular weight excluding hydrogens is 566 g/mol. The second-order valence-electron chi connectivity index (χ2n) is 14.8. The number of nitrogens with one attached hydrogen (secondary N) is 1. The first kappa shape index (κ1) is 44.9. The third kappa shape index (κ3) is 28.0. The molecule has 0 aliphatic carbocycles. The molecule has 2 N–H and O–H groups in total. The number of amides is 1. The zero-order valence-corrected chi connectivity index (χ0v) is 31.8. The van der Waals surface area contributed by atoms with Gasteiger partial charge in [0.15, 0.2) is 0 Å². The Labute approximate surface area is 288 Å². The van der Waals surface area contributed by atoms with Gasteiger partial charge in [0, 0.05) is 12.5 Å². The van der Waals surface area contributed by atoms with E-state index in [1.165, 1.54) is 173 Å². The maximum Gasteiger partial charge on any atom is 0.307 e. The monoisotopic (exact) mass is 650 g/mol. The second-order valence-corrected chi connectivity index (χ2v) is 14.8. The minimum Gasteiger partial charge on any atom is -0.481 e. The van der Waals surface area contributed by atoms with Gasteiger partial charge in [-0.05, 0) is 18.8 Å². The predicted molar refractivity (Wildman–Crippen MR) is 202 cm³/mol. The zero-order chi connectivity index (χ0) is 33.9. The van der Waals surface area contributed by atoms with Gasteiger partial charge in [-0.15, -0.1) is 0 Å². The van der Waals surface area contributed by atoms with Crippen molar-refractivity contribution in [2.24, 2.45) is 17.8 Å². The summed E-state index contributed by atoms with van der Waals surface area (Å²) in [5.74, 6) is -1.87. The number of carbonyl (C=O) groups excluding carboxylic acids is 1. The van der Waals surface area contributed by atoms with Crippen molar-refractivity contribution in [3.63, 3.8) is 0 Å². The van der Waals surface area contributed by atoms with Crippen molar-refractivity contribution >= 4 is 11.9 Å². The first-order valence-electron chi connectivity index (χ1n) is 21.0. The number of rotatable bonds is 37. The van der Waals surface area contributed by atoms with Gasteiger partial charge in [-0.25, -0.2) is 0 Å². The molecule has 1 amide bonds. The van der Waals surface area contributed by atoms with Crippen LogP contribution in [0.5, 0.6) is 0 Å². The van der Waals surface area contributed by atoms with Crippen molar-refractivity contribution in [1.82, 2.24) is 5.32 Å². The maximum absolute atomic E-state index is 12.9. The average molecular weight is 650 g/mol. The van der Waals surface area contributed by atoms with Gasteiger partial charge in [0.2, 0.25) is 5.91 Å². The molecule has 0 aromatic carbocycles. The maximum atomic E-state index is 12.9. The van der Waals surface area contributed by atoms with Gasteiger partial charge < -0.3 is 10.4 Å². The first-order chi connectivity index (χ1) is 22.5. The molecule has 274 valence electrons. The lowest BCUT2D eigenvalue weighted by molar-refractivity contribution is -0.149. The highest BCUT2D eigenvalue weighted by molar-refractivity contribution is 5.84. The average Bonchev–Trinajstić information content (AvgIpc) is 3.05. The minimum absolute atomic E-state index is 0.0751. The van der Waals surface area contributed by atoms with Crippen molar-refractivity contribution in [3.8, 4) is 0 Å². The van der Waals surface area contributed by atoms with Gasteiger partial charge in [0.1, 0.15) is 0 Å². The Morgan fingerprint density at radius 2 is 0.783 bits per heavy atom. The molecule has 0 aromatic heterocycles. The molecule has 0 spiro atoms. The SMILES string of the molecule is CCCCCCCCCCCCCCCCCCNC(=O)C(C)C(C(=O)O)C(CC)CCCCCCCCCCCCCCCC.